The highest BCUT2D eigenvalue weighted by Crippen LogP contribution is 2.29. The molecule has 1 aromatic heterocycles. The summed E-state index contributed by atoms with van der Waals surface area (Å²) in [7, 11) is 1.52. The van der Waals surface area contributed by atoms with Crippen molar-refractivity contribution < 1.29 is 14.6 Å². The van der Waals surface area contributed by atoms with E-state index in [-0.39, 0.29) is 5.69 Å². The Morgan fingerprint density at radius 2 is 1.94 bits per heavy atom. The van der Waals surface area contributed by atoms with E-state index >= 15 is 0 Å². The van der Waals surface area contributed by atoms with E-state index in [1.807, 2.05) is 0 Å². The van der Waals surface area contributed by atoms with Gasteiger partial charge in [0.05, 0.1) is 7.11 Å². The first-order valence-electron chi connectivity index (χ1n) is 4.91. The van der Waals surface area contributed by atoms with E-state index in [9.17, 15) is 4.79 Å². The van der Waals surface area contributed by atoms with Crippen molar-refractivity contribution in [3.05, 3.63) is 42.4 Å². The minimum absolute atomic E-state index is 0.0861. The maximum atomic E-state index is 11.1. The van der Waals surface area contributed by atoms with Crippen LogP contribution in [0, 0.1) is 0 Å². The third kappa shape index (κ3) is 2.08. The minimum Gasteiger partial charge on any atom is -0.496 e. The van der Waals surface area contributed by atoms with Crippen LogP contribution in [0.2, 0.25) is 0 Å². The van der Waals surface area contributed by atoms with Gasteiger partial charge in [-0.1, -0.05) is 12.1 Å². The van der Waals surface area contributed by atoms with Gasteiger partial charge in [-0.2, -0.15) is 0 Å². The molecule has 0 radical (unpaired) electrons. The highest BCUT2D eigenvalue weighted by atomic mass is 16.5. The Balaban J connectivity index is 2.64. The molecule has 0 fully saturated rings. The number of hydrogen-bond donors (Lipinski definition) is 1. The molecule has 0 saturated carbocycles. The Bertz CT molecular complexity index is 555. The molecule has 0 amide bonds. The average molecular weight is 230 g/mol. The summed E-state index contributed by atoms with van der Waals surface area (Å²) in [5, 5.41) is 9.05. The van der Waals surface area contributed by atoms with Crippen molar-refractivity contribution in [1.29, 1.82) is 0 Å². The lowest BCUT2D eigenvalue weighted by atomic mass is 10.1. The summed E-state index contributed by atoms with van der Waals surface area (Å²) in [6, 6.07) is 7.09. The van der Waals surface area contributed by atoms with Gasteiger partial charge in [-0.25, -0.2) is 9.78 Å². The van der Waals surface area contributed by atoms with Crippen molar-refractivity contribution in [1.82, 2.24) is 9.97 Å². The SMILES string of the molecule is COc1ccccc1-c1nccnc1C(=O)O. The Hall–Kier alpha value is -2.43. The lowest BCUT2D eigenvalue weighted by Crippen LogP contribution is -2.05. The molecule has 86 valence electrons. The molecule has 17 heavy (non-hydrogen) atoms. The zero-order valence-electron chi connectivity index (χ0n) is 9.12. The molecule has 5 nitrogen and oxygen atoms in total. The zero-order chi connectivity index (χ0) is 12.3. The smallest absolute Gasteiger partial charge is 0.356 e. The Morgan fingerprint density at radius 1 is 1.24 bits per heavy atom. The quantitative estimate of drug-likeness (QED) is 0.871. The second-order valence-electron chi connectivity index (χ2n) is 3.26. The van der Waals surface area contributed by atoms with Crippen molar-refractivity contribution in [3.8, 4) is 17.0 Å². The summed E-state index contributed by atoms with van der Waals surface area (Å²) in [5.41, 5.74) is 0.829. The van der Waals surface area contributed by atoms with Crippen LogP contribution in [0.15, 0.2) is 36.7 Å². The van der Waals surface area contributed by atoms with Crippen LogP contribution in [0.25, 0.3) is 11.3 Å². The maximum Gasteiger partial charge on any atom is 0.356 e. The van der Waals surface area contributed by atoms with Crippen molar-refractivity contribution in [2.75, 3.05) is 7.11 Å². The van der Waals surface area contributed by atoms with Crippen LogP contribution in [0.4, 0.5) is 0 Å². The van der Waals surface area contributed by atoms with E-state index in [4.69, 9.17) is 9.84 Å². The second-order valence-corrected chi connectivity index (χ2v) is 3.26. The highest BCUT2D eigenvalue weighted by molar-refractivity contribution is 5.93. The minimum atomic E-state index is -1.11. The monoisotopic (exact) mass is 230 g/mol. The lowest BCUT2D eigenvalue weighted by Gasteiger charge is -2.08. The molecule has 2 rings (SSSR count). The van der Waals surface area contributed by atoms with Crippen LogP contribution in [0.5, 0.6) is 5.75 Å². The molecule has 0 aliphatic carbocycles. The first-order valence-corrected chi connectivity index (χ1v) is 4.91. The summed E-state index contributed by atoms with van der Waals surface area (Å²) in [6.45, 7) is 0. The molecular formula is C12H10N2O3. The van der Waals surface area contributed by atoms with Crippen LogP contribution >= 0.6 is 0 Å². The fourth-order valence-corrected chi connectivity index (χ4v) is 1.53. The standard InChI is InChI=1S/C12H10N2O3/c1-17-9-5-3-2-4-8(9)10-11(12(15)16)14-7-6-13-10/h2-7H,1H3,(H,15,16). The third-order valence-electron chi connectivity index (χ3n) is 2.26. The molecule has 1 heterocycles. The predicted octanol–water partition coefficient (Wildman–Crippen LogP) is 1.85. The molecule has 1 aromatic carbocycles. The fraction of sp³-hybridized carbons (Fsp3) is 0.0833. The van der Waals surface area contributed by atoms with Gasteiger partial charge in [-0.05, 0) is 12.1 Å². The Morgan fingerprint density at radius 3 is 2.65 bits per heavy atom. The van der Waals surface area contributed by atoms with E-state index in [0.717, 1.165) is 0 Å². The van der Waals surface area contributed by atoms with Gasteiger partial charge in [-0.3, -0.25) is 4.98 Å². The molecule has 0 spiro atoms. The first-order chi connectivity index (χ1) is 8.24. The van der Waals surface area contributed by atoms with Crippen molar-refractivity contribution in [2.45, 2.75) is 0 Å². The average Bonchev–Trinajstić information content (AvgIpc) is 2.38. The second kappa shape index (κ2) is 4.61. The number of rotatable bonds is 3. The Labute approximate surface area is 97.7 Å². The van der Waals surface area contributed by atoms with Crippen molar-refractivity contribution >= 4 is 5.97 Å². The zero-order valence-corrected chi connectivity index (χ0v) is 9.12. The van der Waals surface area contributed by atoms with Gasteiger partial charge < -0.3 is 9.84 Å². The Kier molecular flexibility index (Phi) is 3.00. The van der Waals surface area contributed by atoms with Crippen molar-refractivity contribution in [2.24, 2.45) is 0 Å². The van der Waals surface area contributed by atoms with Crippen LogP contribution in [-0.4, -0.2) is 28.2 Å². The molecule has 1 N–H and O–H groups in total. The summed E-state index contributed by atoms with van der Waals surface area (Å²) in [6.07, 6.45) is 2.80. The number of carboxylic acid groups (broad SMARTS) is 1. The summed E-state index contributed by atoms with van der Waals surface area (Å²) < 4.78 is 5.17. The molecule has 0 saturated heterocycles. The van der Waals surface area contributed by atoms with Crippen LogP contribution in [-0.2, 0) is 0 Å². The van der Waals surface area contributed by atoms with E-state index in [1.165, 1.54) is 19.5 Å². The van der Waals surface area contributed by atoms with Gasteiger partial charge >= 0.3 is 5.97 Å². The normalized spacial score (nSPS) is 9.94. The molecule has 0 aliphatic heterocycles. The number of para-hydroxylation sites is 1. The topological polar surface area (TPSA) is 72.3 Å². The molecule has 2 aromatic rings. The number of aromatic nitrogens is 2. The van der Waals surface area contributed by atoms with Crippen LogP contribution < -0.4 is 4.74 Å². The van der Waals surface area contributed by atoms with Gasteiger partial charge in [0.15, 0.2) is 5.69 Å². The van der Waals surface area contributed by atoms with E-state index in [1.54, 1.807) is 24.3 Å². The number of methoxy groups -OCH3 is 1. The highest BCUT2D eigenvalue weighted by Gasteiger charge is 2.16. The summed E-state index contributed by atoms with van der Waals surface area (Å²) in [4.78, 5) is 18.9. The molecule has 0 atom stereocenters. The van der Waals surface area contributed by atoms with E-state index in [2.05, 4.69) is 9.97 Å². The van der Waals surface area contributed by atoms with Crippen LogP contribution in [0.1, 0.15) is 10.5 Å². The fourth-order valence-electron chi connectivity index (χ4n) is 1.53. The van der Waals surface area contributed by atoms with E-state index < -0.39 is 5.97 Å². The molecule has 0 unspecified atom stereocenters. The van der Waals surface area contributed by atoms with Gasteiger partial charge in [0.2, 0.25) is 0 Å². The third-order valence-corrected chi connectivity index (χ3v) is 2.26. The maximum absolute atomic E-state index is 11.1. The van der Waals surface area contributed by atoms with Crippen LogP contribution in [0.3, 0.4) is 0 Å². The largest absolute Gasteiger partial charge is 0.496 e. The van der Waals surface area contributed by atoms with Crippen molar-refractivity contribution in [3.63, 3.8) is 0 Å². The molecule has 5 heteroatoms. The summed E-state index contributed by atoms with van der Waals surface area (Å²) in [5.74, 6) is -0.547. The predicted molar refractivity (Wildman–Crippen MR) is 61.0 cm³/mol. The molecule has 0 bridgehead atoms. The van der Waals surface area contributed by atoms with Gasteiger partial charge in [0, 0.05) is 18.0 Å². The number of carboxylic acids is 1. The number of hydrogen-bond acceptors (Lipinski definition) is 4. The van der Waals surface area contributed by atoms with E-state index in [0.29, 0.717) is 17.0 Å². The number of ether oxygens (including phenoxy) is 1. The number of benzene rings is 1. The first kappa shape index (κ1) is 11.1. The van der Waals surface area contributed by atoms with Gasteiger partial charge in [-0.15, -0.1) is 0 Å². The van der Waals surface area contributed by atoms with Gasteiger partial charge in [0.1, 0.15) is 11.4 Å². The summed E-state index contributed by atoms with van der Waals surface area (Å²) >= 11 is 0. The lowest BCUT2D eigenvalue weighted by molar-refractivity contribution is 0.0691. The molecule has 0 aliphatic rings. The molecular weight excluding hydrogens is 220 g/mol. The number of aromatic carboxylic acids is 1. The number of carbonyl (C=O) groups is 1. The number of nitrogens with zero attached hydrogens (tertiary/aromatic N) is 2. The van der Waals surface area contributed by atoms with Gasteiger partial charge in [0.25, 0.3) is 0 Å².